The molecule has 4 N–H and O–H groups in total. The average molecular weight is 242 g/mol. The molecule has 2 rings (SSSR count). The predicted octanol–water partition coefficient (Wildman–Crippen LogP) is 1.56. The molecule has 4 heteroatoms. The Bertz CT molecular complexity index is 362. The molecule has 0 aliphatic carbocycles. The molecule has 0 bridgehead atoms. The van der Waals surface area contributed by atoms with Crippen LogP contribution in [-0.2, 0) is 13.1 Å². The molecule has 1 aromatic rings. The van der Waals surface area contributed by atoms with Gasteiger partial charge in [0.05, 0.1) is 11.4 Å². The Kier molecular flexibility index (Phi) is 1.96. The fourth-order valence-corrected chi connectivity index (χ4v) is 2.34. The molecule has 0 amide bonds. The van der Waals surface area contributed by atoms with Gasteiger partial charge in [0.1, 0.15) is 0 Å². The summed E-state index contributed by atoms with van der Waals surface area (Å²) in [5.74, 6) is 0. The third-order valence-corrected chi connectivity index (χ3v) is 3.13. The minimum Gasteiger partial charge on any atom is -0.397 e. The zero-order valence-electron chi connectivity index (χ0n) is 7.47. The van der Waals surface area contributed by atoms with E-state index in [2.05, 4.69) is 27.9 Å². The van der Waals surface area contributed by atoms with Crippen LogP contribution in [0.15, 0.2) is 10.5 Å². The molecule has 13 heavy (non-hydrogen) atoms. The van der Waals surface area contributed by atoms with Gasteiger partial charge in [0.25, 0.3) is 0 Å². The number of nitrogen functional groups attached to an aromatic ring is 2. The summed E-state index contributed by atoms with van der Waals surface area (Å²) < 4.78 is 1.07. The van der Waals surface area contributed by atoms with E-state index in [1.54, 1.807) is 0 Å². The van der Waals surface area contributed by atoms with Gasteiger partial charge in [-0.25, -0.2) is 0 Å². The quantitative estimate of drug-likeness (QED) is 0.679. The first-order valence-corrected chi connectivity index (χ1v) is 4.92. The Balaban J connectivity index is 2.62. The number of anilines is 2. The highest BCUT2D eigenvalue weighted by Gasteiger charge is 2.21. The van der Waals surface area contributed by atoms with Gasteiger partial charge in [-0.15, -0.1) is 0 Å². The van der Waals surface area contributed by atoms with E-state index in [4.69, 9.17) is 11.5 Å². The van der Waals surface area contributed by atoms with Gasteiger partial charge < -0.3 is 11.5 Å². The average Bonchev–Trinajstić information content (AvgIpc) is 2.44. The zero-order chi connectivity index (χ0) is 9.59. The maximum atomic E-state index is 5.89. The number of nitrogens with two attached hydrogens (primary N) is 2. The fourth-order valence-electron chi connectivity index (χ4n) is 1.73. The minimum atomic E-state index is 0.668. The summed E-state index contributed by atoms with van der Waals surface area (Å²) in [6.45, 7) is 1.84. The van der Waals surface area contributed by atoms with E-state index in [9.17, 15) is 0 Å². The van der Waals surface area contributed by atoms with Crippen LogP contribution in [-0.4, -0.2) is 11.9 Å². The third kappa shape index (κ3) is 1.30. The van der Waals surface area contributed by atoms with Crippen molar-refractivity contribution >= 4 is 27.3 Å². The highest BCUT2D eigenvalue weighted by Crippen LogP contribution is 2.36. The molecule has 0 aromatic heterocycles. The lowest BCUT2D eigenvalue weighted by atomic mass is 10.1. The highest BCUT2D eigenvalue weighted by atomic mass is 79.9. The van der Waals surface area contributed by atoms with Crippen LogP contribution >= 0.6 is 15.9 Å². The van der Waals surface area contributed by atoms with Crippen LogP contribution < -0.4 is 11.5 Å². The standard InChI is InChI=1S/C9H12BrN3/c1-13-3-5-6(4-13)9(12)8(11)2-7(5)10/h2H,3-4,11-12H2,1H3. The lowest BCUT2D eigenvalue weighted by Crippen LogP contribution is -2.08. The van der Waals surface area contributed by atoms with E-state index in [0.29, 0.717) is 5.69 Å². The van der Waals surface area contributed by atoms with Gasteiger partial charge in [0, 0.05) is 17.6 Å². The number of halogens is 1. The van der Waals surface area contributed by atoms with Gasteiger partial charge in [-0.3, -0.25) is 4.90 Å². The number of hydrogen-bond acceptors (Lipinski definition) is 3. The van der Waals surface area contributed by atoms with Crippen LogP contribution in [0.2, 0.25) is 0 Å². The van der Waals surface area contributed by atoms with Gasteiger partial charge in [0.2, 0.25) is 0 Å². The van der Waals surface area contributed by atoms with Crippen LogP contribution in [0.4, 0.5) is 11.4 Å². The van der Waals surface area contributed by atoms with Gasteiger partial charge in [-0.2, -0.15) is 0 Å². The van der Waals surface area contributed by atoms with Gasteiger partial charge in [-0.1, -0.05) is 15.9 Å². The molecule has 0 radical (unpaired) electrons. The third-order valence-electron chi connectivity index (χ3n) is 2.43. The Morgan fingerprint density at radius 1 is 1.31 bits per heavy atom. The van der Waals surface area contributed by atoms with Crippen molar-refractivity contribution in [2.45, 2.75) is 13.1 Å². The summed E-state index contributed by atoms with van der Waals surface area (Å²) in [7, 11) is 2.07. The number of hydrogen-bond donors (Lipinski definition) is 2. The lowest BCUT2D eigenvalue weighted by molar-refractivity contribution is 0.353. The Hall–Kier alpha value is -0.740. The van der Waals surface area contributed by atoms with Crippen LogP contribution in [0.1, 0.15) is 11.1 Å². The maximum Gasteiger partial charge on any atom is 0.0597 e. The first kappa shape index (κ1) is 8.84. The first-order valence-electron chi connectivity index (χ1n) is 4.13. The molecule has 0 atom stereocenters. The van der Waals surface area contributed by atoms with Crippen molar-refractivity contribution in [3.63, 3.8) is 0 Å². The Morgan fingerprint density at radius 3 is 2.62 bits per heavy atom. The molecule has 1 aliphatic heterocycles. The molecule has 1 aromatic carbocycles. The van der Waals surface area contributed by atoms with Crippen molar-refractivity contribution in [3.8, 4) is 0 Å². The largest absolute Gasteiger partial charge is 0.397 e. The lowest BCUT2D eigenvalue weighted by Gasteiger charge is -2.07. The van der Waals surface area contributed by atoms with Crippen molar-refractivity contribution in [3.05, 3.63) is 21.7 Å². The molecule has 0 unspecified atom stereocenters. The van der Waals surface area contributed by atoms with E-state index in [1.807, 2.05) is 6.07 Å². The van der Waals surface area contributed by atoms with E-state index in [1.165, 1.54) is 11.1 Å². The Morgan fingerprint density at radius 2 is 1.92 bits per heavy atom. The fraction of sp³-hybridized carbons (Fsp3) is 0.333. The van der Waals surface area contributed by atoms with Crippen molar-refractivity contribution in [2.24, 2.45) is 0 Å². The number of fused-ring (bicyclic) bond motifs is 1. The molecule has 0 saturated heterocycles. The van der Waals surface area contributed by atoms with Gasteiger partial charge in [0.15, 0.2) is 0 Å². The number of rotatable bonds is 0. The van der Waals surface area contributed by atoms with Crippen molar-refractivity contribution < 1.29 is 0 Å². The monoisotopic (exact) mass is 241 g/mol. The predicted molar refractivity (Wildman–Crippen MR) is 58.1 cm³/mol. The van der Waals surface area contributed by atoms with Crippen LogP contribution in [0.25, 0.3) is 0 Å². The summed E-state index contributed by atoms with van der Waals surface area (Å²) in [6, 6.07) is 1.88. The van der Waals surface area contributed by atoms with Crippen LogP contribution in [0, 0.1) is 0 Å². The molecule has 1 heterocycles. The van der Waals surface area contributed by atoms with Crippen LogP contribution in [0.3, 0.4) is 0 Å². The summed E-state index contributed by atoms with van der Waals surface area (Å²) in [4.78, 5) is 2.21. The van der Waals surface area contributed by atoms with E-state index in [-0.39, 0.29) is 0 Å². The molecular formula is C9H12BrN3. The SMILES string of the molecule is CN1Cc2c(Br)cc(N)c(N)c2C1. The number of benzene rings is 1. The van der Waals surface area contributed by atoms with Gasteiger partial charge in [-0.05, 0) is 24.2 Å². The van der Waals surface area contributed by atoms with Crippen molar-refractivity contribution in [1.82, 2.24) is 4.90 Å². The molecular weight excluding hydrogens is 230 g/mol. The van der Waals surface area contributed by atoms with E-state index < -0.39 is 0 Å². The second-order valence-electron chi connectivity index (χ2n) is 3.49. The van der Waals surface area contributed by atoms with Crippen molar-refractivity contribution in [2.75, 3.05) is 18.5 Å². The minimum absolute atomic E-state index is 0.668. The highest BCUT2D eigenvalue weighted by molar-refractivity contribution is 9.10. The molecule has 3 nitrogen and oxygen atoms in total. The molecule has 1 aliphatic rings. The smallest absolute Gasteiger partial charge is 0.0597 e. The van der Waals surface area contributed by atoms with Crippen LogP contribution in [0.5, 0.6) is 0 Å². The Labute approximate surface area is 85.8 Å². The normalized spacial score (nSPS) is 16.2. The van der Waals surface area contributed by atoms with Crippen molar-refractivity contribution in [1.29, 1.82) is 0 Å². The van der Waals surface area contributed by atoms with E-state index >= 15 is 0 Å². The van der Waals surface area contributed by atoms with E-state index in [0.717, 1.165) is 23.2 Å². The molecule has 70 valence electrons. The summed E-state index contributed by atoms with van der Waals surface area (Å²) >= 11 is 3.50. The molecule has 0 fully saturated rings. The topological polar surface area (TPSA) is 55.3 Å². The summed E-state index contributed by atoms with van der Waals surface area (Å²) in [5.41, 5.74) is 15.5. The summed E-state index contributed by atoms with van der Waals surface area (Å²) in [5, 5.41) is 0. The summed E-state index contributed by atoms with van der Waals surface area (Å²) in [6.07, 6.45) is 0. The molecule has 0 spiro atoms. The molecule has 0 saturated carbocycles. The maximum absolute atomic E-state index is 5.89. The first-order chi connectivity index (χ1) is 6.09. The second-order valence-corrected chi connectivity index (χ2v) is 4.35. The number of nitrogens with zero attached hydrogens (tertiary/aromatic N) is 1. The van der Waals surface area contributed by atoms with Gasteiger partial charge >= 0.3 is 0 Å². The second kappa shape index (κ2) is 2.89. The zero-order valence-corrected chi connectivity index (χ0v) is 9.06.